The number of rotatable bonds is 7. The standard InChI is InChI=1S/C32H30N6O3/c39-30-4-2-16-38(30)20-24-6-5-23(31-34-28-3-1-15-33-32(28)35-31)19-29(24)41-25-9-7-21(8-10-25)26-11-12-27(37-36-26)22-13-17-40-18-14-22/h1,3,5-12,15,19,22H,2,4,13-14,16-18,20H2,(H,33,34,35). The molecule has 9 heteroatoms. The topological polar surface area (TPSA) is 106 Å². The zero-order valence-corrected chi connectivity index (χ0v) is 22.6. The summed E-state index contributed by atoms with van der Waals surface area (Å²) in [5, 5.41) is 9.00. The normalized spacial score (nSPS) is 16.0. The first-order valence-electron chi connectivity index (χ1n) is 14.1. The molecule has 0 saturated carbocycles. The van der Waals surface area contributed by atoms with Crippen molar-refractivity contribution in [3.05, 3.63) is 84.2 Å². The molecule has 2 fully saturated rings. The van der Waals surface area contributed by atoms with Gasteiger partial charge in [-0.2, -0.15) is 10.2 Å². The van der Waals surface area contributed by atoms with Crippen molar-refractivity contribution in [2.45, 2.75) is 38.1 Å². The largest absolute Gasteiger partial charge is 0.457 e. The molecule has 1 N–H and O–H groups in total. The molecule has 2 aliphatic rings. The maximum absolute atomic E-state index is 12.4. The van der Waals surface area contributed by atoms with Gasteiger partial charge in [0.1, 0.15) is 22.8 Å². The highest BCUT2D eigenvalue weighted by Crippen LogP contribution is 2.33. The molecule has 206 valence electrons. The van der Waals surface area contributed by atoms with E-state index in [1.165, 1.54) is 0 Å². The van der Waals surface area contributed by atoms with Crippen LogP contribution >= 0.6 is 0 Å². The molecule has 0 radical (unpaired) electrons. The summed E-state index contributed by atoms with van der Waals surface area (Å²) < 4.78 is 11.9. The molecule has 0 spiro atoms. The molecule has 9 nitrogen and oxygen atoms in total. The first-order valence-corrected chi connectivity index (χ1v) is 14.1. The maximum atomic E-state index is 12.4. The van der Waals surface area contributed by atoms with E-state index >= 15 is 0 Å². The van der Waals surface area contributed by atoms with Gasteiger partial charge in [0.05, 0.1) is 11.4 Å². The van der Waals surface area contributed by atoms with Gasteiger partial charge in [0, 0.05) is 61.5 Å². The average Bonchev–Trinajstić information content (AvgIpc) is 3.65. The number of fused-ring (bicyclic) bond motifs is 1. The number of nitrogens with one attached hydrogen (secondary N) is 1. The predicted molar refractivity (Wildman–Crippen MR) is 154 cm³/mol. The molecule has 2 aromatic carbocycles. The number of aromatic nitrogens is 5. The maximum Gasteiger partial charge on any atom is 0.222 e. The molecule has 0 aliphatic carbocycles. The highest BCUT2D eigenvalue weighted by molar-refractivity contribution is 5.78. The molecule has 0 bridgehead atoms. The third kappa shape index (κ3) is 5.40. The van der Waals surface area contributed by atoms with Gasteiger partial charge in [0.15, 0.2) is 5.65 Å². The van der Waals surface area contributed by atoms with Crippen molar-refractivity contribution in [1.82, 2.24) is 30.0 Å². The fourth-order valence-electron chi connectivity index (χ4n) is 5.51. The van der Waals surface area contributed by atoms with E-state index in [1.807, 2.05) is 65.6 Å². The van der Waals surface area contributed by atoms with Gasteiger partial charge < -0.3 is 19.4 Å². The van der Waals surface area contributed by atoms with Crippen molar-refractivity contribution in [2.75, 3.05) is 19.8 Å². The molecule has 5 aromatic rings. The van der Waals surface area contributed by atoms with E-state index < -0.39 is 0 Å². The Morgan fingerprint density at radius 2 is 1.83 bits per heavy atom. The van der Waals surface area contributed by atoms with Gasteiger partial charge in [-0.15, -0.1) is 0 Å². The predicted octanol–water partition coefficient (Wildman–Crippen LogP) is 5.89. The van der Waals surface area contributed by atoms with E-state index in [2.05, 4.69) is 26.2 Å². The Hall–Kier alpha value is -4.63. The Balaban J connectivity index is 1.14. The van der Waals surface area contributed by atoms with E-state index in [-0.39, 0.29) is 5.91 Å². The Morgan fingerprint density at radius 3 is 2.59 bits per heavy atom. The van der Waals surface area contributed by atoms with Crippen LogP contribution in [0.25, 0.3) is 33.8 Å². The monoisotopic (exact) mass is 546 g/mol. The first kappa shape index (κ1) is 25.3. The molecule has 0 unspecified atom stereocenters. The minimum atomic E-state index is 0.177. The number of carbonyl (C=O) groups is 1. The molecule has 41 heavy (non-hydrogen) atoms. The summed E-state index contributed by atoms with van der Waals surface area (Å²) >= 11 is 0. The lowest BCUT2D eigenvalue weighted by molar-refractivity contribution is -0.128. The fourth-order valence-corrected chi connectivity index (χ4v) is 5.51. The van der Waals surface area contributed by atoms with Crippen molar-refractivity contribution in [3.63, 3.8) is 0 Å². The number of amides is 1. The van der Waals surface area contributed by atoms with Crippen molar-refractivity contribution >= 4 is 17.1 Å². The van der Waals surface area contributed by atoms with Gasteiger partial charge in [-0.3, -0.25) is 4.79 Å². The van der Waals surface area contributed by atoms with Crippen LogP contribution in [0.15, 0.2) is 72.9 Å². The summed E-state index contributed by atoms with van der Waals surface area (Å²) in [5.41, 5.74) is 6.17. The smallest absolute Gasteiger partial charge is 0.222 e. The van der Waals surface area contributed by atoms with Crippen LogP contribution in [0.3, 0.4) is 0 Å². The van der Waals surface area contributed by atoms with Crippen LogP contribution in [0.1, 0.15) is 42.9 Å². The van der Waals surface area contributed by atoms with Crippen LogP contribution in [0, 0.1) is 0 Å². The van der Waals surface area contributed by atoms with E-state index in [0.717, 1.165) is 78.3 Å². The Labute approximate surface area is 237 Å². The highest BCUT2D eigenvalue weighted by Gasteiger charge is 2.22. The van der Waals surface area contributed by atoms with Crippen LogP contribution in [0.4, 0.5) is 0 Å². The average molecular weight is 547 g/mol. The first-order chi connectivity index (χ1) is 20.2. The number of hydrogen-bond donors (Lipinski definition) is 1. The molecule has 3 aromatic heterocycles. The SMILES string of the molecule is O=C1CCCN1Cc1ccc(-c2nc3cccnc3[nH]2)cc1Oc1ccc(-c2ccc(C3CCOCC3)nn2)cc1. The second-order valence-corrected chi connectivity index (χ2v) is 10.6. The Kier molecular flexibility index (Phi) is 6.86. The Bertz CT molecular complexity index is 1640. The van der Waals surface area contributed by atoms with Gasteiger partial charge in [-0.25, -0.2) is 9.97 Å². The highest BCUT2D eigenvalue weighted by atomic mass is 16.5. The summed E-state index contributed by atoms with van der Waals surface area (Å²) in [5.74, 6) is 2.68. The molecule has 2 aliphatic heterocycles. The van der Waals surface area contributed by atoms with Gasteiger partial charge in [0.2, 0.25) is 5.91 Å². The zero-order valence-electron chi connectivity index (χ0n) is 22.6. The van der Waals surface area contributed by atoms with E-state index in [9.17, 15) is 4.79 Å². The second kappa shape index (κ2) is 11.1. The fraction of sp³-hybridized carbons (Fsp3) is 0.281. The number of nitrogens with zero attached hydrogens (tertiary/aromatic N) is 5. The number of likely N-dealkylation sites (tertiary alicyclic amines) is 1. The molecule has 7 rings (SSSR count). The van der Waals surface area contributed by atoms with Crippen molar-refractivity contribution < 1.29 is 14.3 Å². The lowest BCUT2D eigenvalue weighted by atomic mass is 9.96. The van der Waals surface area contributed by atoms with E-state index in [1.54, 1.807) is 6.20 Å². The number of aromatic amines is 1. The minimum Gasteiger partial charge on any atom is -0.457 e. The van der Waals surface area contributed by atoms with Crippen LogP contribution in [-0.2, 0) is 16.1 Å². The number of hydrogen-bond acceptors (Lipinski definition) is 7. The second-order valence-electron chi connectivity index (χ2n) is 10.6. The van der Waals surface area contributed by atoms with Crippen LogP contribution in [0.5, 0.6) is 11.5 Å². The quantitative estimate of drug-likeness (QED) is 0.271. The number of pyridine rings is 1. The number of imidazole rings is 1. The van der Waals surface area contributed by atoms with Crippen molar-refractivity contribution in [1.29, 1.82) is 0 Å². The number of carbonyl (C=O) groups excluding carboxylic acids is 1. The summed E-state index contributed by atoms with van der Waals surface area (Å²) in [6, 6.07) is 21.8. The van der Waals surface area contributed by atoms with Gasteiger partial charge in [-0.05, 0) is 73.9 Å². The molecule has 0 atom stereocenters. The zero-order chi connectivity index (χ0) is 27.6. The van der Waals surface area contributed by atoms with Gasteiger partial charge in [-0.1, -0.05) is 12.1 Å². The van der Waals surface area contributed by atoms with Crippen LogP contribution in [-0.4, -0.2) is 55.7 Å². The number of H-pyrrole nitrogens is 1. The summed E-state index contributed by atoms with van der Waals surface area (Å²) in [6.07, 6.45) is 5.20. The minimum absolute atomic E-state index is 0.177. The third-order valence-electron chi connectivity index (χ3n) is 7.83. The lowest BCUT2D eigenvalue weighted by Gasteiger charge is -2.21. The third-order valence-corrected chi connectivity index (χ3v) is 7.83. The van der Waals surface area contributed by atoms with E-state index in [4.69, 9.17) is 14.5 Å². The van der Waals surface area contributed by atoms with Gasteiger partial charge >= 0.3 is 0 Å². The lowest BCUT2D eigenvalue weighted by Crippen LogP contribution is -2.24. The van der Waals surface area contributed by atoms with Gasteiger partial charge in [0.25, 0.3) is 0 Å². The van der Waals surface area contributed by atoms with Crippen molar-refractivity contribution in [3.8, 4) is 34.1 Å². The van der Waals surface area contributed by atoms with Crippen molar-refractivity contribution in [2.24, 2.45) is 0 Å². The summed E-state index contributed by atoms with van der Waals surface area (Å²) in [6.45, 7) is 2.83. The van der Waals surface area contributed by atoms with Crippen LogP contribution < -0.4 is 4.74 Å². The Morgan fingerprint density at radius 1 is 0.976 bits per heavy atom. The molecule has 5 heterocycles. The summed E-state index contributed by atoms with van der Waals surface area (Å²) in [7, 11) is 0. The summed E-state index contributed by atoms with van der Waals surface area (Å²) in [4.78, 5) is 26.6. The van der Waals surface area contributed by atoms with Crippen LogP contribution in [0.2, 0.25) is 0 Å². The molecule has 2 saturated heterocycles. The molecule has 1 amide bonds. The number of benzene rings is 2. The number of ether oxygens (including phenoxy) is 2. The molecular weight excluding hydrogens is 516 g/mol. The van der Waals surface area contributed by atoms with E-state index in [0.29, 0.717) is 36.2 Å². The molecular formula is C32H30N6O3.